The maximum absolute atomic E-state index is 13.0. The Labute approximate surface area is 171 Å². The number of benzene rings is 2. The van der Waals surface area contributed by atoms with Crippen LogP contribution in [0.4, 0.5) is 10.1 Å². The number of carbonyl (C=O) groups is 2. The minimum Gasteiger partial charge on any atom is -0.497 e. The number of nitriles is 1. The lowest BCUT2D eigenvalue weighted by Crippen LogP contribution is -2.31. The van der Waals surface area contributed by atoms with Crippen LogP contribution in [0.2, 0.25) is 0 Å². The Balaban J connectivity index is 1.73. The molecule has 0 spiro atoms. The van der Waals surface area contributed by atoms with E-state index in [4.69, 9.17) is 4.74 Å². The molecule has 0 fully saturated rings. The molecule has 1 atom stereocenters. The molecule has 2 N–H and O–H groups in total. The Hall–Kier alpha value is -3.31. The largest absolute Gasteiger partial charge is 0.497 e. The molecule has 0 saturated carbocycles. The van der Waals surface area contributed by atoms with Crippen molar-refractivity contribution in [3.05, 3.63) is 70.5 Å². The maximum Gasteiger partial charge on any atom is 0.234 e. The fourth-order valence-electron chi connectivity index (χ4n) is 2.92. The summed E-state index contributed by atoms with van der Waals surface area (Å²) in [5.41, 5.74) is 1.70. The first kappa shape index (κ1) is 20.4. The summed E-state index contributed by atoms with van der Waals surface area (Å²) in [4.78, 5) is 24.4. The molecule has 2 aromatic carbocycles. The minimum absolute atomic E-state index is 0.00645. The van der Waals surface area contributed by atoms with Crippen LogP contribution in [0, 0.1) is 17.1 Å². The van der Waals surface area contributed by atoms with E-state index in [1.807, 2.05) is 12.1 Å². The zero-order valence-electron chi connectivity index (χ0n) is 15.6. The number of nitrogens with one attached hydrogen (secondary N) is 2. The summed E-state index contributed by atoms with van der Waals surface area (Å²) in [5.74, 6) is -0.645. The van der Waals surface area contributed by atoms with Gasteiger partial charge in [0.05, 0.1) is 29.5 Å². The summed E-state index contributed by atoms with van der Waals surface area (Å²) in [5, 5.41) is 15.4. The van der Waals surface area contributed by atoms with Crippen LogP contribution in [0.25, 0.3) is 0 Å². The molecule has 1 aliphatic heterocycles. The van der Waals surface area contributed by atoms with Crippen molar-refractivity contribution in [2.24, 2.45) is 0 Å². The summed E-state index contributed by atoms with van der Waals surface area (Å²) in [7, 11) is 1.56. The van der Waals surface area contributed by atoms with Crippen molar-refractivity contribution >= 4 is 29.3 Å². The molecule has 0 bridgehead atoms. The monoisotopic (exact) mass is 411 g/mol. The number of amides is 2. The molecule has 0 radical (unpaired) electrons. The topological polar surface area (TPSA) is 91.2 Å². The van der Waals surface area contributed by atoms with Gasteiger partial charge in [0.1, 0.15) is 11.6 Å². The Kier molecular flexibility index (Phi) is 6.52. The summed E-state index contributed by atoms with van der Waals surface area (Å²) in [6.45, 7) is 0. The number of ether oxygens (including phenoxy) is 1. The fraction of sp³-hybridized carbons (Fsp3) is 0.190. The Morgan fingerprint density at radius 3 is 2.59 bits per heavy atom. The van der Waals surface area contributed by atoms with Gasteiger partial charge in [0.15, 0.2) is 0 Å². The number of nitrogens with zero attached hydrogens (tertiary/aromatic N) is 1. The van der Waals surface area contributed by atoms with Crippen molar-refractivity contribution in [1.29, 1.82) is 5.26 Å². The third-order valence-electron chi connectivity index (χ3n) is 4.35. The summed E-state index contributed by atoms with van der Waals surface area (Å²) < 4.78 is 18.1. The predicted molar refractivity (Wildman–Crippen MR) is 109 cm³/mol. The average Bonchev–Trinajstić information content (AvgIpc) is 2.73. The van der Waals surface area contributed by atoms with Gasteiger partial charge in [-0.05, 0) is 42.0 Å². The van der Waals surface area contributed by atoms with Gasteiger partial charge in [-0.3, -0.25) is 9.59 Å². The highest BCUT2D eigenvalue weighted by Crippen LogP contribution is 2.36. The molecule has 29 heavy (non-hydrogen) atoms. The Morgan fingerprint density at radius 2 is 1.97 bits per heavy atom. The molecule has 148 valence electrons. The second-order valence-electron chi connectivity index (χ2n) is 6.28. The lowest BCUT2D eigenvalue weighted by molar-refractivity contribution is -0.121. The van der Waals surface area contributed by atoms with Gasteiger partial charge in [-0.25, -0.2) is 4.39 Å². The van der Waals surface area contributed by atoms with Crippen LogP contribution in [0.1, 0.15) is 17.9 Å². The standard InChI is InChI=1S/C21H18FN3O3S/c1-28-16-8-2-13(3-9-16)17-10-19(26)25-21(18(17)11-23)29-12-20(27)24-15-6-4-14(22)5-7-15/h2-9,17H,10,12H2,1H3,(H,24,27)(H,25,26)/t17-/m0/s1. The first-order valence-corrected chi connectivity index (χ1v) is 9.75. The van der Waals surface area contributed by atoms with Crippen molar-refractivity contribution < 1.29 is 18.7 Å². The number of anilines is 1. The number of allylic oxidation sites excluding steroid dienone is 1. The van der Waals surface area contributed by atoms with Crippen LogP contribution >= 0.6 is 11.8 Å². The normalized spacial score (nSPS) is 16.0. The molecule has 1 aliphatic rings. The zero-order chi connectivity index (χ0) is 20.8. The molecule has 2 aromatic rings. The zero-order valence-corrected chi connectivity index (χ0v) is 16.4. The smallest absolute Gasteiger partial charge is 0.234 e. The van der Waals surface area contributed by atoms with Crippen LogP contribution in [-0.2, 0) is 9.59 Å². The van der Waals surface area contributed by atoms with Gasteiger partial charge in [0.25, 0.3) is 0 Å². The number of hydrogen-bond acceptors (Lipinski definition) is 5. The van der Waals surface area contributed by atoms with Gasteiger partial charge in [0.2, 0.25) is 11.8 Å². The summed E-state index contributed by atoms with van der Waals surface area (Å²) in [6, 6.07) is 14.8. The molecule has 3 rings (SSSR count). The molecule has 0 saturated heterocycles. The van der Waals surface area contributed by atoms with Crippen molar-refractivity contribution in [3.8, 4) is 11.8 Å². The van der Waals surface area contributed by atoms with Gasteiger partial charge in [-0.15, -0.1) is 0 Å². The third kappa shape index (κ3) is 5.15. The first-order valence-electron chi connectivity index (χ1n) is 8.76. The van der Waals surface area contributed by atoms with Crippen molar-refractivity contribution in [2.45, 2.75) is 12.3 Å². The van der Waals surface area contributed by atoms with E-state index in [0.29, 0.717) is 22.0 Å². The van der Waals surface area contributed by atoms with Crippen LogP contribution in [0.15, 0.2) is 59.1 Å². The SMILES string of the molecule is COc1ccc([C@@H]2CC(=O)NC(SCC(=O)Nc3ccc(F)cc3)=C2C#N)cc1. The van der Waals surface area contributed by atoms with E-state index < -0.39 is 5.82 Å². The number of thioether (sulfide) groups is 1. The van der Waals surface area contributed by atoms with E-state index in [-0.39, 0.29) is 29.9 Å². The van der Waals surface area contributed by atoms with E-state index in [9.17, 15) is 19.2 Å². The first-order chi connectivity index (χ1) is 14.0. The highest BCUT2D eigenvalue weighted by atomic mass is 32.2. The van der Waals surface area contributed by atoms with Gasteiger partial charge in [0, 0.05) is 18.0 Å². The summed E-state index contributed by atoms with van der Waals surface area (Å²) >= 11 is 1.08. The van der Waals surface area contributed by atoms with Crippen LogP contribution in [0.3, 0.4) is 0 Å². The second kappa shape index (κ2) is 9.26. The van der Waals surface area contributed by atoms with Gasteiger partial charge in [-0.1, -0.05) is 23.9 Å². The second-order valence-corrected chi connectivity index (χ2v) is 7.26. The lowest BCUT2D eigenvalue weighted by atomic mass is 9.87. The highest BCUT2D eigenvalue weighted by Gasteiger charge is 2.29. The van der Waals surface area contributed by atoms with Gasteiger partial charge in [-0.2, -0.15) is 5.26 Å². The van der Waals surface area contributed by atoms with E-state index in [2.05, 4.69) is 16.7 Å². The van der Waals surface area contributed by atoms with E-state index in [0.717, 1.165) is 17.3 Å². The molecule has 0 aromatic heterocycles. The molecular weight excluding hydrogens is 393 g/mol. The molecule has 0 aliphatic carbocycles. The minimum atomic E-state index is -0.393. The number of halogens is 1. The van der Waals surface area contributed by atoms with Crippen molar-refractivity contribution in [1.82, 2.24) is 5.32 Å². The number of methoxy groups -OCH3 is 1. The molecule has 0 unspecified atom stereocenters. The van der Waals surface area contributed by atoms with E-state index in [1.54, 1.807) is 19.2 Å². The fourth-order valence-corrected chi connectivity index (χ4v) is 3.80. The van der Waals surface area contributed by atoms with Crippen LogP contribution < -0.4 is 15.4 Å². The molecule has 6 nitrogen and oxygen atoms in total. The third-order valence-corrected chi connectivity index (χ3v) is 5.37. The van der Waals surface area contributed by atoms with Crippen LogP contribution in [0.5, 0.6) is 5.75 Å². The molecule has 8 heteroatoms. The maximum atomic E-state index is 13.0. The molecular formula is C21H18FN3O3S. The number of hydrogen-bond donors (Lipinski definition) is 2. The van der Waals surface area contributed by atoms with E-state index in [1.165, 1.54) is 24.3 Å². The van der Waals surface area contributed by atoms with Gasteiger partial charge < -0.3 is 15.4 Å². The summed E-state index contributed by atoms with van der Waals surface area (Å²) in [6.07, 6.45) is 0.154. The van der Waals surface area contributed by atoms with E-state index >= 15 is 0 Å². The Morgan fingerprint density at radius 1 is 1.28 bits per heavy atom. The Bertz CT molecular complexity index is 982. The quantitative estimate of drug-likeness (QED) is 0.759. The van der Waals surface area contributed by atoms with Crippen molar-refractivity contribution in [3.63, 3.8) is 0 Å². The number of carbonyl (C=O) groups excluding carboxylic acids is 2. The molecule has 1 heterocycles. The lowest BCUT2D eigenvalue weighted by Gasteiger charge is -2.25. The number of rotatable bonds is 6. The highest BCUT2D eigenvalue weighted by molar-refractivity contribution is 8.03. The predicted octanol–water partition coefficient (Wildman–Crippen LogP) is 3.54. The van der Waals surface area contributed by atoms with Crippen LogP contribution in [-0.4, -0.2) is 24.7 Å². The average molecular weight is 411 g/mol. The molecule has 2 amide bonds. The van der Waals surface area contributed by atoms with Gasteiger partial charge >= 0.3 is 0 Å². The van der Waals surface area contributed by atoms with Crippen molar-refractivity contribution in [2.75, 3.05) is 18.2 Å².